The molecule has 19 heavy (non-hydrogen) atoms. The number of carbonyl (C=O) groups excluding carboxylic acids is 1. The maximum atomic E-state index is 12.4. The summed E-state index contributed by atoms with van der Waals surface area (Å²) in [5, 5.41) is 0. The second-order valence-corrected chi connectivity index (χ2v) is 5.93. The highest BCUT2D eigenvalue weighted by atomic mass is 16.1. The van der Waals surface area contributed by atoms with Crippen molar-refractivity contribution in [1.82, 2.24) is 4.90 Å². The summed E-state index contributed by atoms with van der Waals surface area (Å²) in [6.45, 7) is 3.93. The van der Waals surface area contributed by atoms with Crippen molar-refractivity contribution >= 4 is 5.78 Å². The summed E-state index contributed by atoms with van der Waals surface area (Å²) in [4.78, 5) is 14.8. The number of likely N-dealkylation sites (tertiary alicyclic amines) is 1. The van der Waals surface area contributed by atoms with Crippen LogP contribution in [0.2, 0.25) is 0 Å². The Hall–Kier alpha value is -1.15. The predicted molar refractivity (Wildman–Crippen MR) is 77.7 cm³/mol. The van der Waals surface area contributed by atoms with Gasteiger partial charge in [-0.2, -0.15) is 0 Å². The number of hydrogen-bond acceptors (Lipinski definition) is 2. The average Bonchev–Trinajstić information content (AvgIpc) is 3.05. The quantitative estimate of drug-likeness (QED) is 0.772. The van der Waals surface area contributed by atoms with E-state index in [2.05, 4.69) is 24.0 Å². The predicted octanol–water partition coefficient (Wildman–Crippen LogP) is 3.23. The molecular weight excluding hydrogens is 234 g/mol. The smallest absolute Gasteiger partial charge is 0.176 e. The lowest BCUT2D eigenvalue weighted by Crippen LogP contribution is -2.33. The summed E-state index contributed by atoms with van der Waals surface area (Å²) in [7, 11) is 0. The topological polar surface area (TPSA) is 20.3 Å². The minimum absolute atomic E-state index is 0.301. The van der Waals surface area contributed by atoms with Crippen LogP contribution in [0.5, 0.6) is 0 Å². The monoisotopic (exact) mass is 257 g/mol. The molecule has 3 rings (SSSR count). The Bertz CT molecular complexity index is 480. The van der Waals surface area contributed by atoms with E-state index in [9.17, 15) is 4.79 Å². The molecule has 2 nitrogen and oxygen atoms in total. The third-order valence-corrected chi connectivity index (χ3v) is 4.74. The van der Waals surface area contributed by atoms with E-state index >= 15 is 0 Å². The van der Waals surface area contributed by atoms with Gasteiger partial charge in [-0.1, -0.05) is 19.1 Å². The standard InChI is InChI=1S/C17H23NO/c1-2-16-7-4-10-18(16)12-17(19)15-9-8-13-5-3-6-14(13)11-15/h8-9,11,16H,2-7,10,12H2,1H3. The molecule has 1 unspecified atom stereocenters. The van der Waals surface area contributed by atoms with Crippen LogP contribution in [0.4, 0.5) is 0 Å². The fourth-order valence-corrected chi connectivity index (χ4v) is 3.59. The summed E-state index contributed by atoms with van der Waals surface area (Å²) >= 11 is 0. The van der Waals surface area contributed by atoms with Crippen LogP contribution in [-0.4, -0.2) is 29.8 Å². The molecule has 2 aliphatic rings. The van der Waals surface area contributed by atoms with Crippen molar-refractivity contribution < 1.29 is 4.79 Å². The zero-order valence-electron chi connectivity index (χ0n) is 11.8. The normalized spacial score (nSPS) is 22.7. The lowest BCUT2D eigenvalue weighted by atomic mass is 10.0. The first-order valence-corrected chi connectivity index (χ1v) is 7.67. The zero-order valence-corrected chi connectivity index (χ0v) is 11.8. The van der Waals surface area contributed by atoms with E-state index in [1.807, 2.05) is 6.07 Å². The maximum absolute atomic E-state index is 12.4. The summed E-state index contributed by atoms with van der Waals surface area (Å²) in [6, 6.07) is 6.96. The Morgan fingerprint density at radius 2 is 2.11 bits per heavy atom. The second-order valence-electron chi connectivity index (χ2n) is 5.93. The van der Waals surface area contributed by atoms with Gasteiger partial charge in [-0.05, 0) is 62.3 Å². The first-order valence-electron chi connectivity index (χ1n) is 7.67. The first kappa shape index (κ1) is 12.9. The van der Waals surface area contributed by atoms with Crippen LogP contribution in [0, 0.1) is 0 Å². The Morgan fingerprint density at radius 3 is 2.95 bits per heavy atom. The minimum atomic E-state index is 0.301. The van der Waals surface area contributed by atoms with Crippen molar-refractivity contribution in [1.29, 1.82) is 0 Å². The zero-order chi connectivity index (χ0) is 13.2. The van der Waals surface area contributed by atoms with Gasteiger partial charge in [0.2, 0.25) is 0 Å². The highest BCUT2D eigenvalue weighted by Crippen LogP contribution is 2.24. The molecule has 2 heteroatoms. The van der Waals surface area contributed by atoms with Crippen LogP contribution < -0.4 is 0 Å². The SMILES string of the molecule is CCC1CCCN1CC(=O)c1ccc2c(c1)CCC2. The summed E-state index contributed by atoms with van der Waals surface area (Å²) in [5.41, 5.74) is 3.77. The number of hydrogen-bond donors (Lipinski definition) is 0. The molecule has 1 atom stereocenters. The maximum Gasteiger partial charge on any atom is 0.176 e. The molecule has 0 spiro atoms. The number of benzene rings is 1. The molecule has 1 heterocycles. The van der Waals surface area contributed by atoms with Gasteiger partial charge >= 0.3 is 0 Å². The molecule has 0 radical (unpaired) electrons. The molecule has 1 aromatic rings. The molecule has 1 saturated heterocycles. The van der Waals surface area contributed by atoms with Crippen LogP contribution >= 0.6 is 0 Å². The highest BCUT2D eigenvalue weighted by Gasteiger charge is 2.25. The van der Waals surface area contributed by atoms with Crippen molar-refractivity contribution in [2.24, 2.45) is 0 Å². The lowest BCUT2D eigenvalue weighted by Gasteiger charge is -2.22. The largest absolute Gasteiger partial charge is 0.293 e. The first-order chi connectivity index (χ1) is 9.28. The number of fused-ring (bicyclic) bond motifs is 1. The van der Waals surface area contributed by atoms with Crippen molar-refractivity contribution in [3.05, 3.63) is 34.9 Å². The van der Waals surface area contributed by atoms with E-state index in [0.717, 1.165) is 24.9 Å². The number of rotatable bonds is 4. The third-order valence-electron chi connectivity index (χ3n) is 4.74. The Labute approximate surface area is 115 Å². The van der Waals surface area contributed by atoms with Crippen molar-refractivity contribution in [3.8, 4) is 0 Å². The van der Waals surface area contributed by atoms with E-state index in [-0.39, 0.29) is 0 Å². The number of ketones is 1. The molecule has 0 aromatic heterocycles. The van der Waals surface area contributed by atoms with Crippen LogP contribution in [0.15, 0.2) is 18.2 Å². The van der Waals surface area contributed by atoms with E-state index in [1.165, 1.54) is 36.8 Å². The van der Waals surface area contributed by atoms with Gasteiger partial charge in [0.1, 0.15) is 0 Å². The van der Waals surface area contributed by atoms with Crippen LogP contribution in [0.1, 0.15) is 54.1 Å². The van der Waals surface area contributed by atoms with Gasteiger partial charge in [0, 0.05) is 11.6 Å². The van der Waals surface area contributed by atoms with E-state index in [4.69, 9.17) is 0 Å². The third kappa shape index (κ3) is 2.59. The van der Waals surface area contributed by atoms with Gasteiger partial charge in [0.05, 0.1) is 6.54 Å². The Balaban J connectivity index is 1.70. The molecule has 1 aliphatic heterocycles. The molecule has 1 fully saturated rings. The molecule has 0 saturated carbocycles. The van der Waals surface area contributed by atoms with Crippen LogP contribution in [0.3, 0.4) is 0 Å². The lowest BCUT2D eigenvalue weighted by molar-refractivity contribution is 0.0920. The summed E-state index contributed by atoms with van der Waals surface area (Å²) in [6.07, 6.45) is 7.25. The molecular formula is C17H23NO. The van der Waals surface area contributed by atoms with Gasteiger partial charge in [-0.3, -0.25) is 9.69 Å². The molecule has 102 valence electrons. The van der Waals surface area contributed by atoms with Gasteiger partial charge in [0.25, 0.3) is 0 Å². The average molecular weight is 257 g/mol. The van der Waals surface area contributed by atoms with E-state index in [0.29, 0.717) is 18.4 Å². The Morgan fingerprint density at radius 1 is 1.26 bits per heavy atom. The molecule has 1 aliphatic carbocycles. The van der Waals surface area contributed by atoms with Crippen LogP contribution in [-0.2, 0) is 12.8 Å². The van der Waals surface area contributed by atoms with Crippen molar-refractivity contribution in [3.63, 3.8) is 0 Å². The fourth-order valence-electron chi connectivity index (χ4n) is 3.59. The number of aryl methyl sites for hydroxylation is 2. The van der Waals surface area contributed by atoms with Gasteiger partial charge in [0.15, 0.2) is 5.78 Å². The summed E-state index contributed by atoms with van der Waals surface area (Å²) < 4.78 is 0. The number of carbonyl (C=O) groups is 1. The van der Waals surface area contributed by atoms with E-state index in [1.54, 1.807) is 0 Å². The van der Waals surface area contributed by atoms with Gasteiger partial charge in [-0.15, -0.1) is 0 Å². The van der Waals surface area contributed by atoms with Gasteiger partial charge < -0.3 is 0 Å². The van der Waals surface area contributed by atoms with Gasteiger partial charge in [-0.25, -0.2) is 0 Å². The summed E-state index contributed by atoms with van der Waals surface area (Å²) in [5.74, 6) is 0.301. The number of Topliss-reactive ketones (excluding diaryl/α,β-unsaturated/α-hetero) is 1. The molecule has 0 N–H and O–H groups in total. The molecule has 0 bridgehead atoms. The molecule has 1 aromatic carbocycles. The second kappa shape index (κ2) is 5.46. The van der Waals surface area contributed by atoms with Crippen molar-refractivity contribution in [2.45, 2.75) is 51.5 Å². The Kier molecular flexibility index (Phi) is 3.69. The minimum Gasteiger partial charge on any atom is -0.293 e. The van der Waals surface area contributed by atoms with E-state index < -0.39 is 0 Å². The van der Waals surface area contributed by atoms with Crippen molar-refractivity contribution in [2.75, 3.05) is 13.1 Å². The molecule has 0 amide bonds. The fraction of sp³-hybridized carbons (Fsp3) is 0.588. The highest BCUT2D eigenvalue weighted by molar-refractivity contribution is 5.98. The van der Waals surface area contributed by atoms with Crippen LogP contribution in [0.25, 0.3) is 0 Å². The number of nitrogens with zero attached hydrogens (tertiary/aromatic N) is 1.